The third-order valence-corrected chi connectivity index (χ3v) is 3.37. The highest BCUT2D eigenvalue weighted by Crippen LogP contribution is 2.24. The molecule has 0 spiro atoms. The number of nitro groups is 1. The summed E-state index contributed by atoms with van der Waals surface area (Å²) in [6, 6.07) is 13.5. The predicted octanol–water partition coefficient (Wildman–Crippen LogP) is 4.07. The van der Waals surface area contributed by atoms with Crippen LogP contribution in [0.25, 0.3) is 6.08 Å². The maximum absolute atomic E-state index is 12.0. The Morgan fingerprint density at radius 3 is 2.62 bits per heavy atom. The predicted molar refractivity (Wildman–Crippen MR) is 94.2 cm³/mol. The van der Waals surface area contributed by atoms with Crippen molar-refractivity contribution >= 4 is 35.0 Å². The molecule has 24 heavy (non-hydrogen) atoms. The van der Waals surface area contributed by atoms with E-state index in [-0.39, 0.29) is 16.3 Å². The summed E-state index contributed by atoms with van der Waals surface area (Å²) >= 11 is 5.71. The van der Waals surface area contributed by atoms with E-state index >= 15 is 0 Å². The van der Waals surface area contributed by atoms with E-state index in [1.54, 1.807) is 13.0 Å². The molecule has 0 aliphatic carbocycles. The van der Waals surface area contributed by atoms with Gasteiger partial charge in [0.25, 0.3) is 11.6 Å². The molecule has 0 saturated carbocycles. The van der Waals surface area contributed by atoms with Crippen molar-refractivity contribution in [3.63, 3.8) is 0 Å². The van der Waals surface area contributed by atoms with Gasteiger partial charge in [-0.3, -0.25) is 14.9 Å². The molecule has 0 aromatic heterocycles. The molecule has 0 aliphatic heterocycles. The van der Waals surface area contributed by atoms with Crippen molar-refractivity contribution in [2.75, 3.05) is 0 Å². The molecule has 0 radical (unpaired) electrons. The summed E-state index contributed by atoms with van der Waals surface area (Å²) in [5.74, 6) is -0.553. The number of hydrazone groups is 1. The lowest BCUT2D eigenvalue weighted by molar-refractivity contribution is -0.384. The molecule has 1 N–H and O–H groups in total. The highest BCUT2D eigenvalue weighted by Gasteiger charge is 2.15. The van der Waals surface area contributed by atoms with Gasteiger partial charge in [0, 0.05) is 11.6 Å². The smallest absolute Gasteiger partial charge is 0.267 e. The molecule has 0 saturated heterocycles. The first-order valence-corrected chi connectivity index (χ1v) is 7.37. The number of hydrogen-bond donors (Lipinski definition) is 1. The molecule has 2 rings (SSSR count). The number of benzene rings is 2. The first-order chi connectivity index (χ1) is 11.5. The molecule has 2 aromatic carbocycles. The Balaban J connectivity index is 2.05. The molecular weight excluding hydrogens is 330 g/mol. The van der Waals surface area contributed by atoms with Crippen molar-refractivity contribution in [2.45, 2.75) is 6.92 Å². The van der Waals surface area contributed by atoms with Crippen LogP contribution in [0.2, 0.25) is 5.02 Å². The first-order valence-electron chi connectivity index (χ1n) is 6.99. The summed E-state index contributed by atoms with van der Waals surface area (Å²) in [6.07, 6.45) is 3.61. The van der Waals surface area contributed by atoms with E-state index in [9.17, 15) is 14.9 Å². The molecule has 6 nitrogen and oxygen atoms in total. The lowest BCUT2D eigenvalue weighted by Crippen LogP contribution is -2.18. The number of nitrogens with one attached hydrogen (secondary N) is 1. The average molecular weight is 344 g/mol. The molecule has 0 heterocycles. The van der Waals surface area contributed by atoms with Crippen molar-refractivity contribution in [1.82, 2.24) is 5.43 Å². The molecule has 0 atom stereocenters. The van der Waals surface area contributed by atoms with Crippen LogP contribution in [0.5, 0.6) is 0 Å². The molecular formula is C17H14ClN3O3. The van der Waals surface area contributed by atoms with Gasteiger partial charge in [0.2, 0.25) is 0 Å². The molecule has 0 fully saturated rings. The minimum Gasteiger partial charge on any atom is -0.267 e. The molecule has 7 heteroatoms. The van der Waals surface area contributed by atoms with Gasteiger partial charge in [-0.25, -0.2) is 5.43 Å². The van der Waals surface area contributed by atoms with Gasteiger partial charge in [-0.1, -0.05) is 48.0 Å². The lowest BCUT2D eigenvalue weighted by atomic mass is 10.2. The van der Waals surface area contributed by atoms with Crippen LogP contribution >= 0.6 is 11.6 Å². The zero-order valence-corrected chi connectivity index (χ0v) is 13.5. The van der Waals surface area contributed by atoms with Crippen LogP contribution in [0.1, 0.15) is 22.8 Å². The first kappa shape index (κ1) is 17.4. The topological polar surface area (TPSA) is 84.6 Å². The Labute approximate surface area is 143 Å². The van der Waals surface area contributed by atoms with Crippen LogP contribution in [0.15, 0.2) is 59.7 Å². The zero-order chi connectivity index (χ0) is 17.5. The summed E-state index contributed by atoms with van der Waals surface area (Å²) in [6.45, 7) is 1.73. The quantitative estimate of drug-likeness (QED) is 0.504. The fourth-order valence-corrected chi connectivity index (χ4v) is 2.00. The van der Waals surface area contributed by atoms with Crippen LogP contribution in [-0.4, -0.2) is 16.5 Å². The fraction of sp³-hybridized carbons (Fsp3) is 0.0588. The number of nitro benzene ring substituents is 1. The van der Waals surface area contributed by atoms with E-state index in [1.807, 2.05) is 36.4 Å². The SMILES string of the molecule is CC(C=Cc1ccccc1)=NNC(=O)c1ccc(Cl)c([N+](=O)[O-])c1. The minimum absolute atomic E-state index is 0.0259. The van der Waals surface area contributed by atoms with E-state index in [4.69, 9.17) is 11.6 Å². The number of amides is 1. The molecule has 0 aliphatic rings. The van der Waals surface area contributed by atoms with Crippen LogP contribution in [0.3, 0.4) is 0 Å². The van der Waals surface area contributed by atoms with Gasteiger partial charge < -0.3 is 0 Å². The van der Waals surface area contributed by atoms with E-state index in [2.05, 4.69) is 10.5 Å². The van der Waals surface area contributed by atoms with Crippen LogP contribution in [-0.2, 0) is 0 Å². The Bertz CT molecular complexity index is 817. The van der Waals surface area contributed by atoms with E-state index in [0.29, 0.717) is 5.71 Å². The van der Waals surface area contributed by atoms with Crippen molar-refractivity contribution in [3.8, 4) is 0 Å². The van der Waals surface area contributed by atoms with Gasteiger partial charge in [0.1, 0.15) is 5.02 Å². The van der Waals surface area contributed by atoms with Crippen LogP contribution in [0, 0.1) is 10.1 Å². The number of nitrogens with zero attached hydrogens (tertiary/aromatic N) is 2. The van der Waals surface area contributed by atoms with Crippen LogP contribution < -0.4 is 5.43 Å². The van der Waals surface area contributed by atoms with Crippen molar-refractivity contribution in [3.05, 3.63) is 80.9 Å². The van der Waals surface area contributed by atoms with Gasteiger partial charge in [-0.05, 0) is 30.7 Å². The number of allylic oxidation sites excluding steroid dienone is 1. The number of halogens is 1. The number of carbonyl (C=O) groups is 1. The summed E-state index contributed by atoms with van der Waals surface area (Å²) in [4.78, 5) is 22.2. The molecule has 0 unspecified atom stereocenters. The van der Waals surface area contributed by atoms with Gasteiger partial charge in [-0.2, -0.15) is 5.10 Å². The Morgan fingerprint density at radius 2 is 1.96 bits per heavy atom. The van der Waals surface area contributed by atoms with E-state index in [0.717, 1.165) is 11.6 Å². The molecule has 2 aromatic rings. The monoisotopic (exact) mass is 343 g/mol. The molecule has 122 valence electrons. The van der Waals surface area contributed by atoms with Crippen molar-refractivity contribution in [1.29, 1.82) is 0 Å². The molecule has 0 bridgehead atoms. The second-order valence-electron chi connectivity index (χ2n) is 4.86. The average Bonchev–Trinajstić information content (AvgIpc) is 2.59. The standard InChI is InChI=1S/C17H14ClN3O3/c1-12(7-8-13-5-3-2-4-6-13)19-20-17(22)14-9-10-15(18)16(11-14)21(23)24/h2-11H,1H3,(H,20,22). The summed E-state index contributed by atoms with van der Waals surface area (Å²) in [5.41, 5.74) is 3.72. The summed E-state index contributed by atoms with van der Waals surface area (Å²) in [7, 11) is 0. The lowest BCUT2D eigenvalue weighted by Gasteiger charge is -2.02. The van der Waals surface area contributed by atoms with Crippen molar-refractivity contribution < 1.29 is 9.72 Å². The second kappa shape index (κ2) is 8.03. The van der Waals surface area contributed by atoms with Gasteiger partial charge >= 0.3 is 0 Å². The third-order valence-electron chi connectivity index (χ3n) is 3.06. The zero-order valence-electron chi connectivity index (χ0n) is 12.8. The minimum atomic E-state index is -0.643. The Morgan fingerprint density at radius 1 is 1.25 bits per heavy atom. The number of rotatable bonds is 5. The fourth-order valence-electron chi connectivity index (χ4n) is 1.82. The van der Waals surface area contributed by atoms with Gasteiger partial charge in [0.15, 0.2) is 0 Å². The third kappa shape index (κ3) is 4.76. The number of hydrogen-bond acceptors (Lipinski definition) is 4. The number of carbonyl (C=O) groups excluding carboxylic acids is 1. The highest BCUT2D eigenvalue weighted by molar-refractivity contribution is 6.32. The molecule has 1 amide bonds. The normalized spacial score (nSPS) is 11.5. The van der Waals surface area contributed by atoms with E-state index < -0.39 is 10.8 Å². The maximum Gasteiger partial charge on any atom is 0.288 e. The summed E-state index contributed by atoms with van der Waals surface area (Å²) in [5, 5.41) is 14.7. The van der Waals surface area contributed by atoms with Crippen molar-refractivity contribution in [2.24, 2.45) is 5.10 Å². The summed E-state index contributed by atoms with van der Waals surface area (Å²) < 4.78 is 0. The Hall–Kier alpha value is -2.99. The van der Waals surface area contributed by atoms with E-state index in [1.165, 1.54) is 12.1 Å². The van der Waals surface area contributed by atoms with Crippen LogP contribution in [0.4, 0.5) is 5.69 Å². The largest absolute Gasteiger partial charge is 0.288 e. The Kier molecular flexibility index (Phi) is 5.81. The van der Waals surface area contributed by atoms with Gasteiger partial charge in [0.05, 0.1) is 10.6 Å². The second-order valence-corrected chi connectivity index (χ2v) is 5.27. The highest BCUT2D eigenvalue weighted by atomic mass is 35.5. The maximum atomic E-state index is 12.0. The van der Waals surface area contributed by atoms with Gasteiger partial charge in [-0.15, -0.1) is 0 Å².